The molecule has 0 bridgehead atoms. The fourth-order valence-electron chi connectivity index (χ4n) is 7.74. The van der Waals surface area contributed by atoms with Gasteiger partial charge in [-0.2, -0.15) is 0 Å². The second-order valence-corrected chi connectivity index (χ2v) is 15.1. The van der Waals surface area contributed by atoms with Crippen LogP contribution in [-0.4, -0.2) is 15.0 Å². The van der Waals surface area contributed by atoms with Gasteiger partial charge < -0.3 is 4.42 Å². The Bertz CT molecular complexity index is 3220. The van der Waals surface area contributed by atoms with Crippen LogP contribution in [0.1, 0.15) is 0 Å². The Morgan fingerprint density at radius 1 is 0.321 bits per heavy atom. The first-order valence-corrected chi connectivity index (χ1v) is 19.5. The summed E-state index contributed by atoms with van der Waals surface area (Å²) in [5.41, 5.74) is 11.3. The van der Waals surface area contributed by atoms with Crippen LogP contribution in [0.15, 0.2) is 192 Å². The summed E-state index contributed by atoms with van der Waals surface area (Å²) in [6.45, 7) is 0. The van der Waals surface area contributed by atoms with E-state index in [1.165, 1.54) is 36.9 Å². The van der Waals surface area contributed by atoms with Gasteiger partial charge in [-0.15, -0.1) is 11.3 Å². The predicted octanol–water partition coefficient (Wildman–Crippen LogP) is 14.1. The fraction of sp³-hybridized carbons (Fsp3) is 0. The van der Waals surface area contributed by atoms with E-state index in [2.05, 4.69) is 140 Å². The molecule has 0 atom stereocenters. The van der Waals surface area contributed by atoms with E-state index in [4.69, 9.17) is 19.4 Å². The lowest BCUT2D eigenvalue weighted by molar-refractivity contribution is 0.669. The smallest absolute Gasteiger partial charge is 0.164 e. The molecule has 0 aliphatic rings. The van der Waals surface area contributed by atoms with E-state index in [0.717, 1.165) is 55.3 Å². The van der Waals surface area contributed by atoms with Crippen LogP contribution in [0.3, 0.4) is 0 Å². The summed E-state index contributed by atoms with van der Waals surface area (Å²) < 4.78 is 9.05. The molecule has 0 N–H and O–H groups in total. The van der Waals surface area contributed by atoms with Crippen LogP contribution < -0.4 is 0 Å². The van der Waals surface area contributed by atoms with Crippen LogP contribution in [0, 0.1) is 0 Å². The van der Waals surface area contributed by atoms with E-state index < -0.39 is 0 Å². The van der Waals surface area contributed by atoms with Crippen molar-refractivity contribution in [1.82, 2.24) is 15.0 Å². The van der Waals surface area contributed by atoms with Crippen molar-refractivity contribution in [3.05, 3.63) is 188 Å². The maximum absolute atomic E-state index is 6.44. The number of nitrogens with zero attached hydrogens (tertiary/aromatic N) is 3. The lowest BCUT2D eigenvalue weighted by Gasteiger charge is -2.10. The zero-order chi connectivity index (χ0) is 37.0. The van der Waals surface area contributed by atoms with Crippen molar-refractivity contribution >= 4 is 53.4 Å². The molecule has 262 valence electrons. The number of thiophene rings is 1. The van der Waals surface area contributed by atoms with Gasteiger partial charge in [-0.3, -0.25) is 0 Å². The Hall–Kier alpha value is -7.21. The minimum atomic E-state index is 0.596. The number of benzene rings is 8. The van der Waals surface area contributed by atoms with Crippen LogP contribution in [0.2, 0.25) is 0 Å². The maximum atomic E-state index is 6.44. The molecular weight excluding hydrogens is 703 g/mol. The molecule has 0 unspecified atom stereocenters. The van der Waals surface area contributed by atoms with Crippen molar-refractivity contribution < 1.29 is 4.42 Å². The molecule has 3 aromatic heterocycles. The average Bonchev–Trinajstić information content (AvgIpc) is 3.85. The molecule has 4 nitrogen and oxygen atoms in total. The van der Waals surface area contributed by atoms with Gasteiger partial charge in [0.25, 0.3) is 0 Å². The first kappa shape index (κ1) is 32.2. The predicted molar refractivity (Wildman–Crippen MR) is 233 cm³/mol. The number of furan rings is 1. The molecule has 0 fully saturated rings. The van der Waals surface area contributed by atoms with Gasteiger partial charge in [-0.05, 0) is 69.8 Å². The normalized spacial score (nSPS) is 11.6. The van der Waals surface area contributed by atoms with Gasteiger partial charge in [0.15, 0.2) is 17.5 Å². The molecule has 3 heterocycles. The molecule has 0 spiro atoms. The minimum absolute atomic E-state index is 0.596. The SMILES string of the molecule is c1ccc(-c2ccc(-c3ccc4oc5cccc(-c6nc(-c7ccccc7)nc(-c7ccc(-c8ccc9sc%10ccccc%10c9c8)cc7)n6)c5c4c3)cc2)cc1. The highest BCUT2D eigenvalue weighted by molar-refractivity contribution is 7.25. The van der Waals surface area contributed by atoms with Crippen molar-refractivity contribution in [1.29, 1.82) is 0 Å². The van der Waals surface area contributed by atoms with Crippen molar-refractivity contribution in [3.63, 3.8) is 0 Å². The van der Waals surface area contributed by atoms with E-state index in [1.807, 2.05) is 59.9 Å². The molecule has 0 amide bonds. The van der Waals surface area contributed by atoms with Crippen LogP contribution in [0.5, 0.6) is 0 Å². The summed E-state index contributed by atoms with van der Waals surface area (Å²) in [5.74, 6) is 1.83. The zero-order valence-electron chi connectivity index (χ0n) is 30.1. The largest absolute Gasteiger partial charge is 0.456 e. The van der Waals surface area contributed by atoms with Gasteiger partial charge in [-0.1, -0.05) is 152 Å². The van der Waals surface area contributed by atoms with E-state index in [1.54, 1.807) is 0 Å². The Morgan fingerprint density at radius 3 is 1.54 bits per heavy atom. The Morgan fingerprint density at radius 2 is 0.821 bits per heavy atom. The van der Waals surface area contributed by atoms with Crippen molar-refractivity contribution in [2.24, 2.45) is 0 Å². The second-order valence-electron chi connectivity index (χ2n) is 14.0. The summed E-state index contributed by atoms with van der Waals surface area (Å²) in [7, 11) is 0. The van der Waals surface area contributed by atoms with Crippen LogP contribution in [-0.2, 0) is 0 Å². The molecule has 5 heteroatoms. The summed E-state index contributed by atoms with van der Waals surface area (Å²) in [6.07, 6.45) is 0. The second kappa shape index (κ2) is 13.3. The molecule has 11 rings (SSSR count). The topological polar surface area (TPSA) is 51.8 Å². The van der Waals surface area contributed by atoms with Gasteiger partial charge in [0.2, 0.25) is 0 Å². The molecule has 11 aromatic rings. The number of hydrogen-bond donors (Lipinski definition) is 0. The monoisotopic (exact) mass is 733 g/mol. The zero-order valence-corrected chi connectivity index (χ0v) is 30.9. The Kier molecular flexibility index (Phi) is 7.64. The van der Waals surface area contributed by atoms with E-state index in [0.29, 0.717) is 17.5 Å². The third-order valence-corrected chi connectivity index (χ3v) is 11.7. The summed E-state index contributed by atoms with van der Waals surface area (Å²) >= 11 is 1.84. The number of hydrogen-bond acceptors (Lipinski definition) is 5. The first-order valence-electron chi connectivity index (χ1n) is 18.7. The third kappa shape index (κ3) is 5.65. The van der Waals surface area contributed by atoms with Crippen LogP contribution in [0.25, 0.3) is 110 Å². The number of rotatable bonds is 6. The third-order valence-electron chi connectivity index (χ3n) is 10.6. The number of aromatic nitrogens is 3. The standard InChI is InChI=1S/C51H31N3OS/c1-3-10-32(11-4-1)33-18-20-34(21-19-33)38-26-28-44-43(31-38)48-41(15-9-16-45(48)55-44)51-53-49(36-12-5-2-6-13-36)52-50(54-51)37-24-22-35(23-25-37)39-27-29-47-42(30-39)40-14-7-8-17-46(40)56-47/h1-31H. The molecule has 0 aliphatic carbocycles. The van der Waals surface area contributed by atoms with Crippen molar-refractivity contribution in [3.8, 4) is 67.5 Å². The van der Waals surface area contributed by atoms with Gasteiger partial charge in [0.1, 0.15) is 11.2 Å². The first-order chi connectivity index (χ1) is 27.7. The van der Waals surface area contributed by atoms with Crippen molar-refractivity contribution in [2.45, 2.75) is 0 Å². The molecule has 0 saturated carbocycles. The Labute approximate surface area is 327 Å². The molecule has 0 aliphatic heterocycles. The van der Waals surface area contributed by atoms with Gasteiger partial charge in [0.05, 0.1) is 0 Å². The molecular formula is C51H31N3OS. The van der Waals surface area contributed by atoms with Gasteiger partial charge in [0, 0.05) is 47.6 Å². The quantitative estimate of drug-likeness (QED) is 0.171. The lowest BCUT2D eigenvalue weighted by atomic mass is 9.98. The fourth-order valence-corrected chi connectivity index (χ4v) is 8.82. The highest BCUT2D eigenvalue weighted by Gasteiger charge is 2.19. The van der Waals surface area contributed by atoms with Crippen LogP contribution >= 0.6 is 11.3 Å². The molecule has 56 heavy (non-hydrogen) atoms. The minimum Gasteiger partial charge on any atom is -0.456 e. The lowest BCUT2D eigenvalue weighted by Crippen LogP contribution is -2.00. The van der Waals surface area contributed by atoms with Crippen molar-refractivity contribution in [2.75, 3.05) is 0 Å². The van der Waals surface area contributed by atoms with Gasteiger partial charge in [-0.25, -0.2) is 15.0 Å². The van der Waals surface area contributed by atoms with Gasteiger partial charge >= 0.3 is 0 Å². The van der Waals surface area contributed by atoms with E-state index in [9.17, 15) is 0 Å². The molecule has 0 saturated heterocycles. The molecule has 8 aromatic carbocycles. The van der Waals surface area contributed by atoms with E-state index >= 15 is 0 Å². The average molecular weight is 734 g/mol. The highest BCUT2D eigenvalue weighted by atomic mass is 32.1. The van der Waals surface area contributed by atoms with E-state index in [-0.39, 0.29) is 0 Å². The summed E-state index contributed by atoms with van der Waals surface area (Å²) in [6, 6.07) is 65.8. The summed E-state index contributed by atoms with van der Waals surface area (Å²) in [4.78, 5) is 15.3. The number of fused-ring (bicyclic) bond motifs is 6. The maximum Gasteiger partial charge on any atom is 0.164 e. The summed E-state index contributed by atoms with van der Waals surface area (Å²) in [5, 5.41) is 4.58. The Balaban J connectivity index is 1.01. The van der Waals surface area contributed by atoms with Crippen LogP contribution in [0.4, 0.5) is 0 Å². The highest BCUT2D eigenvalue weighted by Crippen LogP contribution is 2.40. The molecule has 0 radical (unpaired) electrons.